The van der Waals surface area contributed by atoms with Crippen molar-refractivity contribution in [2.75, 3.05) is 24.2 Å². The van der Waals surface area contributed by atoms with Gasteiger partial charge in [0.1, 0.15) is 5.37 Å². The van der Waals surface area contributed by atoms with Gasteiger partial charge in [0, 0.05) is 40.4 Å². The second-order valence-electron chi connectivity index (χ2n) is 6.60. The maximum atomic E-state index is 12.3. The van der Waals surface area contributed by atoms with E-state index in [1.807, 2.05) is 53.4 Å². The Balaban J connectivity index is 1.38. The average molecular weight is 432 g/mol. The number of carbonyl (C=O) groups excluding carboxylic acids is 1. The third kappa shape index (κ3) is 4.22. The molecule has 1 aliphatic heterocycles. The predicted octanol–water partition coefficient (Wildman–Crippen LogP) is 5.62. The van der Waals surface area contributed by atoms with Crippen LogP contribution < -0.4 is 5.32 Å². The van der Waals surface area contributed by atoms with Gasteiger partial charge in [-0.05, 0) is 48.4 Å². The second kappa shape index (κ2) is 8.60. The molecule has 28 heavy (non-hydrogen) atoms. The van der Waals surface area contributed by atoms with Gasteiger partial charge in [0.2, 0.25) is 5.91 Å². The molecule has 1 fully saturated rings. The zero-order valence-electron chi connectivity index (χ0n) is 15.1. The molecular weight excluding hydrogens is 413 g/mol. The summed E-state index contributed by atoms with van der Waals surface area (Å²) in [6.45, 7) is 1.48. The maximum Gasteiger partial charge on any atom is 0.233 e. The molecule has 0 aliphatic carbocycles. The van der Waals surface area contributed by atoms with Crippen LogP contribution in [-0.2, 0) is 4.79 Å². The summed E-state index contributed by atoms with van der Waals surface area (Å²) in [5.74, 6) is 0.713. The lowest BCUT2D eigenvalue weighted by Gasteiger charge is -2.24. The smallest absolute Gasteiger partial charge is 0.233 e. The Bertz CT molecular complexity index is 997. The van der Waals surface area contributed by atoms with E-state index >= 15 is 0 Å². The van der Waals surface area contributed by atoms with Crippen molar-refractivity contribution in [3.05, 3.63) is 70.3 Å². The zero-order valence-corrected chi connectivity index (χ0v) is 17.4. The summed E-state index contributed by atoms with van der Waals surface area (Å²) in [6, 6.07) is 15.4. The van der Waals surface area contributed by atoms with Gasteiger partial charge < -0.3 is 10.2 Å². The Morgan fingerprint density at radius 1 is 1.11 bits per heavy atom. The lowest BCUT2D eigenvalue weighted by Crippen LogP contribution is -2.30. The van der Waals surface area contributed by atoms with Gasteiger partial charge in [-0.25, -0.2) is 0 Å². The first-order chi connectivity index (χ1) is 13.6. The van der Waals surface area contributed by atoms with Crippen molar-refractivity contribution in [1.82, 2.24) is 9.88 Å². The van der Waals surface area contributed by atoms with Crippen LogP contribution in [0.1, 0.15) is 17.4 Å². The number of aromatic nitrogens is 1. The van der Waals surface area contributed by atoms with E-state index in [0.717, 1.165) is 35.1 Å². The summed E-state index contributed by atoms with van der Waals surface area (Å²) >= 11 is 13.7. The lowest BCUT2D eigenvalue weighted by molar-refractivity contribution is -0.128. The molecule has 3 aromatic rings. The number of thioether (sulfide) groups is 1. The Morgan fingerprint density at radius 3 is 2.71 bits per heavy atom. The molecule has 2 aromatic carbocycles. The fourth-order valence-corrected chi connectivity index (χ4v) is 4.86. The first-order valence-electron chi connectivity index (χ1n) is 9.06. The van der Waals surface area contributed by atoms with Gasteiger partial charge in [0.15, 0.2) is 0 Å². The molecule has 1 atom stereocenters. The van der Waals surface area contributed by atoms with Crippen molar-refractivity contribution < 1.29 is 4.79 Å². The molecular formula is C21H19Cl2N3OS. The lowest BCUT2D eigenvalue weighted by atomic mass is 10.2. The Labute approximate surface area is 178 Å². The third-order valence-corrected chi connectivity index (χ3v) is 6.46. The minimum absolute atomic E-state index is 0.0636. The number of nitrogens with zero attached hydrogens (tertiary/aromatic N) is 2. The molecule has 1 aliphatic rings. The Kier molecular flexibility index (Phi) is 5.95. The van der Waals surface area contributed by atoms with Gasteiger partial charge in [-0.1, -0.05) is 35.3 Å². The van der Waals surface area contributed by atoms with E-state index in [1.54, 1.807) is 18.0 Å². The van der Waals surface area contributed by atoms with Crippen LogP contribution in [-0.4, -0.2) is 34.6 Å². The summed E-state index contributed by atoms with van der Waals surface area (Å²) in [5.41, 5.74) is 3.01. The molecule has 144 valence electrons. The van der Waals surface area contributed by atoms with Crippen LogP contribution in [0.3, 0.4) is 0 Å². The number of benzene rings is 2. The summed E-state index contributed by atoms with van der Waals surface area (Å²) in [6.07, 6.45) is 2.63. The number of pyridine rings is 1. The summed E-state index contributed by atoms with van der Waals surface area (Å²) in [4.78, 5) is 18.7. The number of fused-ring (bicyclic) bond motifs is 1. The van der Waals surface area contributed by atoms with Crippen LogP contribution in [0.2, 0.25) is 10.0 Å². The molecule has 1 unspecified atom stereocenters. The maximum absolute atomic E-state index is 12.3. The normalized spacial score (nSPS) is 16.7. The van der Waals surface area contributed by atoms with Crippen LogP contribution in [0, 0.1) is 0 Å². The minimum Gasteiger partial charge on any atom is -0.384 e. The molecule has 0 saturated carbocycles. The average Bonchev–Trinajstić information content (AvgIpc) is 3.06. The van der Waals surface area contributed by atoms with E-state index in [-0.39, 0.29) is 11.3 Å². The number of rotatable bonds is 6. The number of nitrogens with one attached hydrogen (secondary N) is 1. The Hall–Kier alpha value is -1.95. The molecule has 1 saturated heterocycles. The van der Waals surface area contributed by atoms with Crippen molar-refractivity contribution in [1.29, 1.82) is 0 Å². The topological polar surface area (TPSA) is 45.2 Å². The van der Waals surface area contributed by atoms with Gasteiger partial charge >= 0.3 is 0 Å². The molecule has 1 aromatic heterocycles. The molecule has 4 nitrogen and oxygen atoms in total. The third-order valence-electron chi connectivity index (χ3n) is 4.72. The van der Waals surface area contributed by atoms with Gasteiger partial charge in [-0.15, -0.1) is 11.8 Å². The minimum atomic E-state index is 0.0636. The van der Waals surface area contributed by atoms with Crippen molar-refractivity contribution in [3.63, 3.8) is 0 Å². The molecule has 7 heteroatoms. The van der Waals surface area contributed by atoms with E-state index in [2.05, 4.69) is 10.3 Å². The SMILES string of the molecule is O=C1CSC(c2ccc(Cl)cc2)N1CCCNc1ccnc2cc(Cl)ccc12. The summed E-state index contributed by atoms with van der Waals surface area (Å²) in [7, 11) is 0. The van der Waals surface area contributed by atoms with E-state index in [1.165, 1.54) is 0 Å². The highest BCUT2D eigenvalue weighted by atomic mass is 35.5. The monoisotopic (exact) mass is 431 g/mol. The largest absolute Gasteiger partial charge is 0.384 e. The zero-order chi connectivity index (χ0) is 19.5. The van der Waals surface area contributed by atoms with E-state index in [9.17, 15) is 4.79 Å². The van der Waals surface area contributed by atoms with Crippen LogP contribution in [0.4, 0.5) is 5.69 Å². The first-order valence-corrected chi connectivity index (χ1v) is 10.9. The van der Waals surface area contributed by atoms with E-state index in [0.29, 0.717) is 22.3 Å². The fourth-order valence-electron chi connectivity index (χ4n) is 3.35. The van der Waals surface area contributed by atoms with Crippen molar-refractivity contribution in [3.8, 4) is 0 Å². The van der Waals surface area contributed by atoms with Gasteiger partial charge in [0.25, 0.3) is 0 Å². The van der Waals surface area contributed by atoms with E-state index in [4.69, 9.17) is 23.2 Å². The molecule has 1 N–H and O–H groups in total. The molecule has 0 radical (unpaired) electrons. The van der Waals surface area contributed by atoms with Gasteiger partial charge in [0.05, 0.1) is 11.3 Å². The van der Waals surface area contributed by atoms with Crippen molar-refractivity contribution in [2.45, 2.75) is 11.8 Å². The highest BCUT2D eigenvalue weighted by molar-refractivity contribution is 8.00. The fraction of sp³-hybridized carbons (Fsp3) is 0.238. The molecule has 1 amide bonds. The van der Waals surface area contributed by atoms with Crippen LogP contribution in [0.25, 0.3) is 10.9 Å². The van der Waals surface area contributed by atoms with E-state index < -0.39 is 0 Å². The number of hydrogen-bond acceptors (Lipinski definition) is 4. The first kappa shape index (κ1) is 19.4. The van der Waals surface area contributed by atoms with Gasteiger partial charge in [-0.2, -0.15) is 0 Å². The van der Waals surface area contributed by atoms with Crippen LogP contribution in [0.15, 0.2) is 54.7 Å². The van der Waals surface area contributed by atoms with Crippen molar-refractivity contribution in [2.24, 2.45) is 0 Å². The highest BCUT2D eigenvalue weighted by Gasteiger charge is 2.32. The number of halogens is 2. The highest BCUT2D eigenvalue weighted by Crippen LogP contribution is 2.38. The van der Waals surface area contributed by atoms with Crippen LogP contribution >= 0.6 is 35.0 Å². The quantitative estimate of drug-likeness (QED) is 0.514. The number of carbonyl (C=O) groups is 1. The van der Waals surface area contributed by atoms with Crippen LogP contribution in [0.5, 0.6) is 0 Å². The van der Waals surface area contributed by atoms with Crippen molar-refractivity contribution >= 4 is 57.5 Å². The Morgan fingerprint density at radius 2 is 1.89 bits per heavy atom. The second-order valence-corrected chi connectivity index (χ2v) is 8.54. The summed E-state index contributed by atoms with van der Waals surface area (Å²) in [5, 5.41) is 5.95. The number of anilines is 1. The van der Waals surface area contributed by atoms with Gasteiger partial charge in [-0.3, -0.25) is 9.78 Å². The standard InChI is InChI=1S/C21H19Cl2N3OS/c22-15-4-2-14(3-5-15)21-26(20(27)13-28-21)11-1-9-24-18-8-10-25-19-12-16(23)6-7-17(18)19/h2-8,10,12,21H,1,9,11,13H2,(H,24,25). The molecule has 0 bridgehead atoms. The molecule has 2 heterocycles. The molecule has 0 spiro atoms. The number of amides is 1. The molecule has 4 rings (SSSR count). The predicted molar refractivity (Wildman–Crippen MR) is 118 cm³/mol. The summed E-state index contributed by atoms with van der Waals surface area (Å²) < 4.78 is 0. The number of hydrogen-bond donors (Lipinski definition) is 1.